The first-order valence-electron chi connectivity index (χ1n) is 9.20. The molecule has 2 heterocycles. The van der Waals surface area contributed by atoms with E-state index in [1.54, 1.807) is 13.3 Å². The molecule has 2 N–H and O–H groups in total. The summed E-state index contributed by atoms with van der Waals surface area (Å²) < 4.78 is 10.8. The Labute approximate surface area is 167 Å². The first kappa shape index (κ1) is 18.5. The molecule has 1 amide bonds. The summed E-state index contributed by atoms with van der Waals surface area (Å²) in [5, 5.41) is 3.72. The summed E-state index contributed by atoms with van der Waals surface area (Å²) in [5.74, 6) is 1.72. The van der Waals surface area contributed by atoms with Crippen molar-refractivity contribution in [1.29, 1.82) is 0 Å². The van der Waals surface area contributed by atoms with E-state index in [9.17, 15) is 4.79 Å². The number of fused-ring (bicyclic) bond motifs is 1. The third-order valence-electron chi connectivity index (χ3n) is 4.42. The fraction of sp³-hybridized carbons (Fsp3) is 0.136. The van der Waals surface area contributed by atoms with Crippen LogP contribution in [0.3, 0.4) is 0 Å². The molecule has 2 aromatic heterocycles. The molecule has 0 aliphatic carbocycles. The van der Waals surface area contributed by atoms with Gasteiger partial charge in [0.15, 0.2) is 0 Å². The number of amides is 1. The summed E-state index contributed by atoms with van der Waals surface area (Å²) in [4.78, 5) is 24.5. The number of hydrogen-bond donors (Lipinski definition) is 2. The molecule has 0 saturated carbocycles. The maximum Gasteiger partial charge on any atom is 0.276 e. The number of benzene rings is 2. The fourth-order valence-corrected chi connectivity index (χ4v) is 3.06. The monoisotopic (exact) mass is 388 g/mol. The van der Waals surface area contributed by atoms with Crippen molar-refractivity contribution in [2.45, 2.75) is 6.92 Å². The molecule has 0 spiro atoms. The summed E-state index contributed by atoms with van der Waals surface area (Å²) in [7, 11) is 1.61. The number of carbonyl (C=O) groups excluding carboxylic acids is 1. The minimum absolute atomic E-state index is 0.224. The van der Waals surface area contributed by atoms with E-state index in [0.717, 1.165) is 28.0 Å². The van der Waals surface area contributed by atoms with Crippen LogP contribution < -0.4 is 14.8 Å². The Morgan fingerprint density at radius 2 is 1.97 bits per heavy atom. The molecule has 4 rings (SSSR count). The lowest BCUT2D eigenvalue weighted by molar-refractivity contribution is 0.102. The van der Waals surface area contributed by atoms with Crippen molar-refractivity contribution in [3.8, 4) is 22.8 Å². The molecule has 2 aromatic carbocycles. The fourth-order valence-electron chi connectivity index (χ4n) is 3.06. The first-order chi connectivity index (χ1) is 14.2. The summed E-state index contributed by atoms with van der Waals surface area (Å²) in [5.41, 5.74) is 2.56. The van der Waals surface area contributed by atoms with E-state index >= 15 is 0 Å². The third-order valence-corrected chi connectivity index (χ3v) is 4.42. The Morgan fingerprint density at radius 1 is 1.14 bits per heavy atom. The van der Waals surface area contributed by atoms with Gasteiger partial charge in [0.05, 0.1) is 37.3 Å². The van der Waals surface area contributed by atoms with Gasteiger partial charge >= 0.3 is 0 Å². The van der Waals surface area contributed by atoms with Gasteiger partial charge in [0.25, 0.3) is 5.91 Å². The van der Waals surface area contributed by atoms with Crippen LogP contribution in [0.1, 0.15) is 17.4 Å². The van der Waals surface area contributed by atoms with Crippen molar-refractivity contribution in [3.05, 3.63) is 66.6 Å². The molecule has 29 heavy (non-hydrogen) atoms. The molecule has 0 radical (unpaired) electrons. The highest BCUT2D eigenvalue weighted by Crippen LogP contribution is 2.28. The molecule has 0 bridgehead atoms. The Kier molecular flexibility index (Phi) is 5.11. The number of ether oxygens (including phenoxy) is 2. The predicted octanol–water partition coefficient (Wildman–Crippen LogP) is 4.28. The van der Waals surface area contributed by atoms with Gasteiger partial charge in [0.2, 0.25) is 0 Å². The SMILES string of the molecule is CCOc1ccc(-c2cncc(C(=O)Nc3cc4c(OC)cccc4[nH]3)n2)cc1. The molecule has 0 aliphatic heterocycles. The average Bonchev–Trinajstić information content (AvgIpc) is 3.17. The van der Waals surface area contributed by atoms with E-state index in [2.05, 4.69) is 20.3 Å². The van der Waals surface area contributed by atoms with Gasteiger partial charge < -0.3 is 19.8 Å². The molecule has 0 atom stereocenters. The zero-order valence-corrected chi connectivity index (χ0v) is 16.1. The van der Waals surface area contributed by atoms with Crippen LogP contribution in [0.15, 0.2) is 60.9 Å². The number of carbonyl (C=O) groups is 1. The quantitative estimate of drug-likeness (QED) is 0.514. The van der Waals surface area contributed by atoms with Crippen molar-refractivity contribution in [2.75, 3.05) is 19.0 Å². The van der Waals surface area contributed by atoms with Crippen molar-refractivity contribution < 1.29 is 14.3 Å². The molecule has 0 aliphatic rings. The zero-order valence-electron chi connectivity index (χ0n) is 16.1. The van der Waals surface area contributed by atoms with Gasteiger partial charge in [-0.1, -0.05) is 6.07 Å². The molecule has 7 heteroatoms. The molecule has 4 aromatic rings. The third kappa shape index (κ3) is 3.89. The number of rotatable bonds is 6. The summed E-state index contributed by atoms with van der Waals surface area (Å²) >= 11 is 0. The van der Waals surface area contributed by atoms with Crippen molar-refractivity contribution in [3.63, 3.8) is 0 Å². The summed E-state index contributed by atoms with van der Waals surface area (Å²) in [6, 6.07) is 15.0. The van der Waals surface area contributed by atoms with E-state index in [1.165, 1.54) is 6.20 Å². The molecule has 0 unspecified atom stereocenters. The maximum absolute atomic E-state index is 12.7. The van der Waals surface area contributed by atoms with Gasteiger partial charge in [-0.25, -0.2) is 4.98 Å². The van der Waals surface area contributed by atoms with Gasteiger partial charge in [-0.2, -0.15) is 0 Å². The Bertz CT molecular complexity index is 1150. The lowest BCUT2D eigenvalue weighted by atomic mass is 10.1. The van der Waals surface area contributed by atoms with E-state index < -0.39 is 0 Å². The lowest BCUT2D eigenvalue weighted by Crippen LogP contribution is -2.14. The van der Waals surface area contributed by atoms with E-state index in [1.807, 2.05) is 55.5 Å². The molecular formula is C22H20N4O3. The van der Waals surface area contributed by atoms with Gasteiger partial charge in [-0.3, -0.25) is 9.78 Å². The number of H-pyrrole nitrogens is 1. The number of aromatic amines is 1. The van der Waals surface area contributed by atoms with Crippen molar-refractivity contribution in [1.82, 2.24) is 15.0 Å². The Balaban J connectivity index is 1.56. The number of nitrogens with zero attached hydrogens (tertiary/aromatic N) is 2. The number of nitrogens with one attached hydrogen (secondary N) is 2. The molecule has 0 fully saturated rings. The molecular weight excluding hydrogens is 368 g/mol. The minimum Gasteiger partial charge on any atom is -0.496 e. The standard InChI is InChI=1S/C22H20N4O3/c1-3-29-15-9-7-14(8-10-15)18-12-23-13-19(24-18)22(27)26-21-11-16-17(25-21)5-4-6-20(16)28-2/h4-13,25H,3H2,1-2H3,(H,26,27). The largest absolute Gasteiger partial charge is 0.496 e. The predicted molar refractivity (Wildman–Crippen MR) is 111 cm³/mol. The normalized spacial score (nSPS) is 10.7. The van der Waals surface area contributed by atoms with Crippen LogP contribution in [0.2, 0.25) is 0 Å². The van der Waals surface area contributed by atoms with Crippen molar-refractivity contribution in [2.24, 2.45) is 0 Å². The summed E-state index contributed by atoms with van der Waals surface area (Å²) in [6.07, 6.45) is 3.07. The second-order valence-electron chi connectivity index (χ2n) is 6.31. The lowest BCUT2D eigenvalue weighted by Gasteiger charge is -2.06. The van der Waals surface area contributed by atoms with Crippen LogP contribution in [0.4, 0.5) is 5.82 Å². The Morgan fingerprint density at radius 3 is 2.72 bits per heavy atom. The van der Waals surface area contributed by atoms with E-state index in [0.29, 0.717) is 18.1 Å². The van der Waals surface area contributed by atoms with Crippen LogP contribution in [0.5, 0.6) is 11.5 Å². The van der Waals surface area contributed by atoms with Gasteiger partial charge in [-0.05, 0) is 49.4 Å². The second kappa shape index (κ2) is 8.02. The number of aromatic nitrogens is 3. The van der Waals surface area contributed by atoms with Crippen molar-refractivity contribution >= 4 is 22.6 Å². The average molecular weight is 388 g/mol. The molecule has 0 saturated heterocycles. The highest BCUT2D eigenvalue weighted by Gasteiger charge is 2.13. The minimum atomic E-state index is -0.351. The van der Waals surface area contributed by atoms with Crippen LogP contribution in [0, 0.1) is 0 Å². The van der Waals surface area contributed by atoms with Crippen LogP contribution in [0.25, 0.3) is 22.2 Å². The van der Waals surface area contributed by atoms with Gasteiger partial charge in [0.1, 0.15) is 23.0 Å². The maximum atomic E-state index is 12.7. The van der Waals surface area contributed by atoms with E-state index in [4.69, 9.17) is 9.47 Å². The number of methoxy groups -OCH3 is 1. The van der Waals surface area contributed by atoms with E-state index in [-0.39, 0.29) is 11.6 Å². The van der Waals surface area contributed by atoms with Crippen LogP contribution in [-0.2, 0) is 0 Å². The van der Waals surface area contributed by atoms with Crippen LogP contribution >= 0.6 is 0 Å². The first-order valence-corrected chi connectivity index (χ1v) is 9.20. The van der Waals surface area contributed by atoms with Gasteiger partial charge in [-0.15, -0.1) is 0 Å². The highest BCUT2D eigenvalue weighted by atomic mass is 16.5. The highest BCUT2D eigenvalue weighted by molar-refractivity contribution is 6.04. The molecule has 146 valence electrons. The van der Waals surface area contributed by atoms with Crippen LogP contribution in [-0.4, -0.2) is 34.6 Å². The second-order valence-corrected chi connectivity index (χ2v) is 6.31. The topological polar surface area (TPSA) is 89.1 Å². The molecule has 7 nitrogen and oxygen atoms in total. The van der Waals surface area contributed by atoms with Gasteiger partial charge in [0, 0.05) is 10.9 Å². The smallest absolute Gasteiger partial charge is 0.276 e. The number of hydrogen-bond acceptors (Lipinski definition) is 5. The zero-order chi connectivity index (χ0) is 20.2. The Hall–Kier alpha value is -3.87. The number of anilines is 1. The summed E-state index contributed by atoms with van der Waals surface area (Å²) in [6.45, 7) is 2.54.